The van der Waals surface area contributed by atoms with E-state index in [1.807, 2.05) is 0 Å². The molecule has 0 aromatic rings. The molecule has 106 valence electrons. The molecule has 6 heteroatoms. The number of carbonyl (C=O) groups excluding carboxylic acids is 3. The molecule has 0 saturated heterocycles. The van der Waals surface area contributed by atoms with E-state index in [4.69, 9.17) is 4.74 Å². The Balaban J connectivity index is 1.62. The number of esters is 1. The quantitative estimate of drug-likeness (QED) is 0.575. The van der Waals surface area contributed by atoms with Gasteiger partial charge in [0.1, 0.15) is 0 Å². The Morgan fingerprint density at radius 3 is 2.53 bits per heavy atom. The lowest BCUT2D eigenvalue weighted by Gasteiger charge is -2.20. The van der Waals surface area contributed by atoms with Gasteiger partial charge in [-0.25, -0.2) is 0 Å². The number of hydrazine groups is 1. The predicted octanol–water partition coefficient (Wildman–Crippen LogP) is 0.523. The van der Waals surface area contributed by atoms with Gasteiger partial charge in [-0.1, -0.05) is 6.42 Å². The van der Waals surface area contributed by atoms with Gasteiger partial charge in [-0.05, 0) is 37.0 Å². The molecule has 6 nitrogen and oxygen atoms in total. The first kappa shape index (κ1) is 13.8. The Kier molecular flexibility index (Phi) is 4.39. The minimum Gasteiger partial charge on any atom is -0.455 e. The summed E-state index contributed by atoms with van der Waals surface area (Å²) in [6.45, 7) is 0.932. The van der Waals surface area contributed by atoms with Gasteiger partial charge in [0, 0.05) is 13.3 Å². The van der Waals surface area contributed by atoms with E-state index < -0.39 is 5.91 Å². The molecule has 0 aliphatic heterocycles. The van der Waals surface area contributed by atoms with Crippen molar-refractivity contribution in [3.05, 3.63) is 0 Å². The number of amides is 2. The third kappa shape index (κ3) is 3.94. The molecule has 0 unspecified atom stereocenters. The second-order valence-electron chi connectivity index (χ2n) is 5.53. The van der Waals surface area contributed by atoms with Crippen LogP contribution < -0.4 is 10.9 Å². The first-order chi connectivity index (χ1) is 9.04. The number of hydrogen-bond acceptors (Lipinski definition) is 4. The fourth-order valence-corrected chi connectivity index (χ4v) is 3.24. The number of rotatable bonds is 4. The van der Waals surface area contributed by atoms with Gasteiger partial charge in [0.05, 0.1) is 0 Å². The van der Waals surface area contributed by atoms with E-state index in [1.165, 1.54) is 26.2 Å². The third-order valence-electron chi connectivity index (χ3n) is 4.06. The third-order valence-corrected chi connectivity index (χ3v) is 4.06. The summed E-state index contributed by atoms with van der Waals surface area (Å²) in [7, 11) is 0. The fraction of sp³-hybridized carbons (Fsp3) is 0.769. The molecule has 19 heavy (non-hydrogen) atoms. The number of carbonyl (C=O) groups is 3. The zero-order chi connectivity index (χ0) is 13.8. The fourth-order valence-electron chi connectivity index (χ4n) is 3.24. The van der Waals surface area contributed by atoms with Gasteiger partial charge in [-0.3, -0.25) is 25.2 Å². The van der Waals surface area contributed by atoms with Crippen LogP contribution >= 0.6 is 0 Å². The second-order valence-corrected chi connectivity index (χ2v) is 5.53. The van der Waals surface area contributed by atoms with Gasteiger partial charge in [0.2, 0.25) is 5.91 Å². The summed E-state index contributed by atoms with van der Waals surface area (Å²) in [5.74, 6) is 0.676. The molecule has 3 atom stereocenters. The van der Waals surface area contributed by atoms with Crippen molar-refractivity contribution in [3.63, 3.8) is 0 Å². The van der Waals surface area contributed by atoms with E-state index in [0.29, 0.717) is 18.3 Å². The molecule has 2 N–H and O–H groups in total. The van der Waals surface area contributed by atoms with Gasteiger partial charge in [0.15, 0.2) is 6.61 Å². The zero-order valence-electron chi connectivity index (χ0n) is 11.1. The molecular weight excluding hydrogens is 248 g/mol. The number of fused-ring (bicyclic) bond motifs is 2. The zero-order valence-corrected chi connectivity index (χ0v) is 11.1. The standard InChI is InChI=1S/C13H20N2O4/c1-8(16)14-15-12(17)7-19-13(18)6-11-5-9-2-3-10(11)4-9/h9-11H,2-7H2,1H3,(H,14,16)(H,15,17)/t9-,10+,11-/m1/s1. The van der Waals surface area contributed by atoms with Crippen LogP contribution in [0, 0.1) is 17.8 Å². The first-order valence-corrected chi connectivity index (χ1v) is 6.75. The van der Waals surface area contributed by atoms with Crippen molar-refractivity contribution in [3.8, 4) is 0 Å². The molecule has 0 aromatic carbocycles. The second kappa shape index (κ2) is 6.04. The van der Waals surface area contributed by atoms with Crippen LogP contribution in [-0.4, -0.2) is 24.4 Å². The van der Waals surface area contributed by atoms with E-state index in [9.17, 15) is 14.4 Å². The Hall–Kier alpha value is -1.59. The van der Waals surface area contributed by atoms with Crippen LogP contribution in [0.15, 0.2) is 0 Å². The van der Waals surface area contributed by atoms with Crippen molar-refractivity contribution in [2.75, 3.05) is 6.61 Å². The van der Waals surface area contributed by atoms with Crippen LogP contribution in [-0.2, 0) is 19.1 Å². The topological polar surface area (TPSA) is 84.5 Å². The highest BCUT2D eigenvalue weighted by atomic mass is 16.5. The smallest absolute Gasteiger partial charge is 0.306 e. The predicted molar refractivity (Wildman–Crippen MR) is 66.5 cm³/mol. The average Bonchev–Trinajstić information content (AvgIpc) is 2.96. The number of ether oxygens (including phenoxy) is 1. The van der Waals surface area contributed by atoms with Crippen molar-refractivity contribution in [1.29, 1.82) is 0 Å². The normalized spacial score (nSPS) is 27.9. The van der Waals surface area contributed by atoms with Crippen molar-refractivity contribution in [2.24, 2.45) is 17.8 Å². The minimum absolute atomic E-state index is 0.324. The minimum atomic E-state index is -0.531. The Morgan fingerprint density at radius 1 is 1.16 bits per heavy atom. The summed E-state index contributed by atoms with van der Waals surface area (Å²) in [6.07, 6.45) is 5.31. The van der Waals surface area contributed by atoms with Crippen LogP contribution in [0.3, 0.4) is 0 Å². The molecule has 2 rings (SSSR count). The highest BCUT2D eigenvalue weighted by Gasteiger charge is 2.40. The molecule has 0 spiro atoms. The van der Waals surface area contributed by atoms with Crippen LogP contribution in [0.1, 0.15) is 39.0 Å². The van der Waals surface area contributed by atoms with E-state index in [2.05, 4.69) is 10.9 Å². The van der Waals surface area contributed by atoms with Crippen LogP contribution in [0.2, 0.25) is 0 Å². The van der Waals surface area contributed by atoms with Gasteiger partial charge >= 0.3 is 5.97 Å². The molecule has 0 radical (unpaired) electrons. The van der Waals surface area contributed by atoms with Gasteiger partial charge < -0.3 is 4.74 Å². The van der Waals surface area contributed by atoms with Gasteiger partial charge in [0.25, 0.3) is 5.91 Å². The maximum Gasteiger partial charge on any atom is 0.306 e. The largest absolute Gasteiger partial charge is 0.455 e. The summed E-state index contributed by atoms with van der Waals surface area (Å²) in [5, 5.41) is 0. The maximum absolute atomic E-state index is 11.6. The molecule has 2 amide bonds. The molecule has 0 heterocycles. The summed E-state index contributed by atoms with van der Waals surface area (Å²) < 4.78 is 4.90. The lowest BCUT2D eigenvalue weighted by molar-refractivity contribution is -0.150. The van der Waals surface area contributed by atoms with Crippen LogP contribution in [0.5, 0.6) is 0 Å². The highest BCUT2D eigenvalue weighted by Crippen LogP contribution is 2.49. The number of nitrogens with one attached hydrogen (secondary N) is 2. The summed E-state index contributed by atoms with van der Waals surface area (Å²) >= 11 is 0. The van der Waals surface area contributed by atoms with Crippen LogP contribution in [0.25, 0.3) is 0 Å². The molecule has 2 saturated carbocycles. The summed E-state index contributed by atoms with van der Waals surface area (Å²) in [6, 6.07) is 0. The van der Waals surface area contributed by atoms with Crippen molar-refractivity contribution in [1.82, 2.24) is 10.9 Å². The van der Waals surface area contributed by atoms with Crippen molar-refractivity contribution >= 4 is 17.8 Å². The Morgan fingerprint density at radius 2 is 1.95 bits per heavy atom. The van der Waals surface area contributed by atoms with E-state index in [0.717, 1.165) is 12.3 Å². The first-order valence-electron chi connectivity index (χ1n) is 6.75. The highest BCUT2D eigenvalue weighted by molar-refractivity contribution is 5.83. The number of hydrogen-bond donors (Lipinski definition) is 2. The van der Waals surface area contributed by atoms with Crippen molar-refractivity contribution in [2.45, 2.75) is 39.0 Å². The summed E-state index contributed by atoms with van der Waals surface area (Å²) in [4.78, 5) is 33.4. The lowest BCUT2D eigenvalue weighted by Crippen LogP contribution is -2.42. The Labute approximate surface area is 112 Å². The SMILES string of the molecule is CC(=O)NNC(=O)COC(=O)C[C@H]1C[C@@H]2CC[C@H]1C2. The van der Waals surface area contributed by atoms with Gasteiger partial charge in [-0.15, -0.1) is 0 Å². The van der Waals surface area contributed by atoms with Crippen molar-refractivity contribution < 1.29 is 19.1 Å². The molecule has 2 aliphatic carbocycles. The molecule has 2 aliphatic rings. The Bertz CT molecular complexity index is 383. The lowest BCUT2D eigenvalue weighted by atomic mass is 9.86. The molecule has 0 aromatic heterocycles. The molecule has 2 fully saturated rings. The van der Waals surface area contributed by atoms with E-state index in [1.54, 1.807) is 0 Å². The van der Waals surface area contributed by atoms with Gasteiger partial charge in [-0.2, -0.15) is 0 Å². The van der Waals surface area contributed by atoms with E-state index >= 15 is 0 Å². The van der Waals surface area contributed by atoms with Crippen LogP contribution in [0.4, 0.5) is 0 Å². The van der Waals surface area contributed by atoms with E-state index in [-0.39, 0.29) is 18.5 Å². The molecule has 2 bridgehead atoms. The maximum atomic E-state index is 11.6. The summed E-state index contributed by atoms with van der Waals surface area (Å²) in [5.41, 5.74) is 4.28. The average molecular weight is 268 g/mol. The molecular formula is C13H20N2O4. The monoisotopic (exact) mass is 268 g/mol.